The lowest BCUT2D eigenvalue weighted by molar-refractivity contribution is 0.282. The number of hydrogen-bond acceptors (Lipinski definition) is 3. The van der Waals surface area contributed by atoms with E-state index in [4.69, 9.17) is 16.7 Å². The second kappa shape index (κ2) is 5.64. The van der Waals surface area contributed by atoms with Crippen LogP contribution in [0.1, 0.15) is 5.56 Å². The first-order valence-electron chi connectivity index (χ1n) is 4.90. The number of halogens is 1. The Labute approximate surface area is 106 Å². The second-order valence-electron chi connectivity index (χ2n) is 3.49. The van der Waals surface area contributed by atoms with E-state index in [1.54, 1.807) is 0 Å². The Hall–Kier alpha value is -0.880. The molecule has 0 atom stereocenters. The van der Waals surface area contributed by atoms with Gasteiger partial charge in [0.25, 0.3) is 0 Å². The molecule has 94 valence electrons. The van der Waals surface area contributed by atoms with Crippen molar-refractivity contribution in [2.24, 2.45) is 0 Å². The van der Waals surface area contributed by atoms with Gasteiger partial charge in [0.2, 0.25) is 10.0 Å². The zero-order chi connectivity index (χ0) is 13.1. The molecule has 0 heterocycles. The van der Waals surface area contributed by atoms with E-state index in [2.05, 4.69) is 6.58 Å². The first-order chi connectivity index (χ1) is 7.93. The Morgan fingerprint density at radius 2 is 2.18 bits per heavy atom. The molecule has 0 radical (unpaired) electrons. The van der Waals surface area contributed by atoms with E-state index in [0.717, 1.165) is 0 Å². The van der Waals surface area contributed by atoms with E-state index in [1.807, 2.05) is 0 Å². The molecule has 0 saturated carbocycles. The smallest absolute Gasteiger partial charge is 0.243 e. The quantitative estimate of drug-likeness (QED) is 0.831. The summed E-state index contributed by atoms with van der Waals surface area (Å²) in [7, 11) is -2.09. The first-order valence-corrected chi connectivity index (χ1v) is 6.71. The molecule has 0 aliphatic rings. The van der Waals surface area contributed by atoms with Crippen LogP contribution in [0.3, 0.4) is 0 Å². The summed E-state index contributed by atoms with van der Waals surface area (Å²) in [6.45, 7) is 3.49. The molecule has 0 saturated heterocycles. The summed E-state index contributed by atoms with van der Waals surface area (Å²) < 4.78 is 25.2. The Balaban J connectivity index is 3.16. The van der Waals surface area contributed by atoms with Gasteiger partial charge in [0, 0.05) is 18.6 Å². The number of nitrogens with zero attached hydrogens (tertiary/aromatic N) is 1. The molecule has 1 aromatic carbocycles. The van der Waals surface area contributed by atoms with Gasteiger partial charge in [-0.15, -0.1) is 6.58 Å². The standard InChI is InChI=1S/C11H14ClNO3S/c1-3-6-13(2)17(15,16)10-5-4-9(8-14)11(12)7-10/h3-5,7,14H,1,6,8H2,2H3. The minimum atomic E-state index is -3.55. The summed E-state index contributed by atoms with van der Waals surface area (Å²) in [5.74, 6) is 0. The van der Waals surface area contributed by atoms with Crippen LogP contribution in [0.25, 0.3) is 0 Å². The monoisotopic (exact) mass is 275 g/mol. The van der Waals surface area contributed by atoms with E-state index < -0.39 is 10.0 Å². The molecule has 1 rings (SSSR count). The fourth-order valence-electron chi connectivity index (χ4n) is 1.28. The fraction of sp³-hybridized carbons (Fsp3) is 0.273. The zero-order valence-corrected chi connectivity index (χ0v) is 11.0. The number of sulfonamides is 1. The third kappa shape index (κ3) is 3.07. The first kappa shape index (κ1) is 14.2. The van der Waals surface area contributed by atoms with Crippen LogP contribution in [0.5, 0.6) is 0 Å². The van der Waals surface area contributed by atoms with Gasteiger partial charge in [-0.2, -0.15) is 4.31 Å². The molecule has 0 spiro atoms. The van der Waals surface area contributed by atoms with Crippen LogP contribution in [0, 0.1) is 0 Å². The number of benzene rings is 1. The van der Waals surface area contributed by atoms with Gasteiger partial charge in [0.05, 0.1) is 11.5 Å². The number of likely N-dealkylation sites (N-methyl/N-ethyl adjacent to an activating group) is 1. The molecular weight excluding hydrogens is 262 g/mol. The predicted molar refractivity (Wildman–Crippen MR) is 67.4 cm³/mol. The molecule has 0 amide bonds. The van der Waals surface area contributed by atoms with Gasteiger partial charge < -0.3 is 5.11 Å². The fourth-order valence-corrected chi connectivity index (χ4v) is 2.75. The topological polar surface area (TPSA) is 57.6 Å². The minimum Gasteiger partial charge on any atom is -0.392 e. The normalized spacial score (nSPS) is 11.8. The summed E-state index contributed by atoms with van der Waals surface area (Å²) in [4.78, 5) is 0.101. The lowest BCUT2D eigenvalue weighted by Crippen LogP contribution is -2.27. The molecule has 1 aromatic rings. The Morgan fingerprint density at radius 3 is 2.65 bits per heavy atom. The maximum atomic E-state index is 12.0. The van der Waals surface area contributed by atoms with E-state index >= 15 is 0 Å². The molecule has 0 unspecified atom stereocenters. The molecule has 0 bridgehead atoms. The Bertz CT molecular complexity index is 513. The van der Waals surface area contributed by atoms with Crippen molar-refractivity contribution in [3.05, 3.63) is 41.4 Å². The van der Waals surface area contributed by atoms with Gasteiger partial charge >= 0.3 is 0 Å². The predicted octanol–water partition coefficient (Wildman–Crippen LogP) is 1.64. The largest absolute Gasteiger partial charge is 0.392 e. The molecule has 1 N–H and O–H groups in total. The maximum absolute atomic E-state index is 12.0. The zero-order valence-electron chi connectivity index (χ0n) is 9.43. The van der Waals surface area contributed by atoms with Crippen LogP contribution in [-0.4, -0.2) is 31.4 Å². The van der Waals surface area contributed by atoms with Gasteiger partial charge in [0.1, 0.15) is 0 Å². The van der Waals surface area contributed by atoms with Crippen molar-refractivity contribution in [3.63, 3.8) is 0 Å². The third-order valence-corrected chi connectivity index (χ3v) is 4.46. The van der Waals surface area contributed by atoms with Crippen molar-refractivity contribution in [1.82, 2.24) is 4.31 Å². The summed E-state index contributed by atoms with van der Waals surface area (Å²) in [5, 5.41) is 9.18. The average molecular weight is 276 g/mol. The molecule has 17 heavy (non-hydrogen) atoms. The summed E-state index contributed by atoms with van der Waals surface area (Å²) >= 11 is 5.85. The van der Waals surface area contributed by atoms with E-state index in [1.165, 1.54) is 35.6 Å². The van der Waals surface area contributed by atoms with E-state index in [0.29, 0.717) is 5.56 Å². The van der Waals surface area contributed by atoms with Crippen LogP contribution >= 0.6 is 11.6 Å². The Kier molecular flexibility index (Phi) is 4.70. The number of rotatable bonds is 5. The van der Waals surface area contributed by atoms with Crippen LogP contribution in [0.2, 0.25) is 5.02 Å². The average Bonchev–Trinajstić information content (AvgIpc) is 2.29. The van der Waals surface area contributed by atoms with E-state index in [9.17, 15) is 8.42 Å². The summed E-state index contributed by atoms with van der Waals surface area (Å²) in [6.07, 6.45) is 1.50. The Morgan fingerprint density at radius 1 is 1.53 bits per heavy atom. The molecule has 0 aliphatic carbocycles. The van der Waals surface area contributed by atoms with Gasteiger partial charge in [0.15, 0.2) is 0 Å². The lowest BCUT2D eigenvalue weighted by atomic mass is 10.2. The molecule has 0 aromatic heterocycles. The highest BCUT2D eigenvalue weighted by atomic mass is 35.5. The van der Waals surface area contributed by atoms with Crippen molar-refractivity contribution in [2.75, 3.05) is 13.6 Å². The molecule has 0 fully saturated rings. The highest BCUT2D eigenvalue weighted by Crippen LogP contribution is 2.22. The molecular formula is C11H14ClNO3S. The van der Waals surface area contributed by atoms with Gasteiger partial charge in [-0.05, 0) is 17.7 Å². The number of aliphatic hydroxyl groups excluding tert-OH is 1. The van der Waals surface area contributed by atoms with Crippen molar-refractivity contribution >= 4 is 21.6 Å². The highest BCUT2D eigenvalue weighted by molar-refractivity contribution is 7.89. The lowest BCUT2D eigenvalue weighted by Gasteiger charge is -2.15. The van der Waals surface area contributed by atoms with Crippen LogP contribution in [-0.2, 0) is 16.6 Å². The van der Waals surface area contributed by atoms with Gasteiger partial charge in [-0.25, -0.2) is 8.42 Å². The number of aliphatic hydroxyl groups is 1. The number of hydrogen-bond donors (Lipinski definition) is 1. The highest BCUT2D eigenvalue weighted by Gasteiger charge is 2.20. The third-order valence-electron chi connectivity index (χ3n) is 2.29. The second-order valence-corrected chi connectivity index (χ2v) is 5.94. The molecule has 6 heteroatoms. The van der Waals surface area contributed by atoms with Crippen molar-refractivity contribution in [1.29, 1.82) is 0 Å². The van der Waals surface area contributed by atoms with Gasteiger partial charge in [-0.1, -0.05) is 23.7 Å². The van der Waals surface area contributed by atoms with Crippen LogP contribution in [0.4, 0.5) is 0 Å². The van der Waals surface area contributed by atoms with Crippen LogP contribution < -0.4 is 0 Å². The van der Waals surface area contributed by atoms with Gasteiger partial charge in [-0.3, -0.25) is 0 Å². The summed E-state index contributed by atoms with van der Waals surface area (Å²) in [5.41, 5.74) is 0.497. The SMILES string of the molecule is C=CCN(C)S(=O)(=O)c1ccc(CO)c(Cl)c1. The van der Waals surface area contributed by atoms with Crippen molar-refractivity contribution < 1.29 is 13.5 Å². The molecule has 0 aliphatic heterocycles. The van der Waals surface area contributed by atoms with Crippen LogP contribution in [0.15, 0.2) is 35.7 Å². The minimum absolute atomic E-state index is 0.101. The molecule has 4 nitrogen and oxygen atoms in total. The summed E-state index contributed by atoms with van der Waals surface area (Å²) in [6, 6.07) is 4.26. The maximum Gasteiger partial charge on any atom is 0.243 e. The van der Waals surface area contributed by atoms with E-state index in [-0.39, 0.29) is 23.1 Å². The van der Waals surface area contributed by atoms with Crippen molar-refractivity contribution in [3.8, 4) is 0 Å². The van der Waals surface area contributed by atoms with Crippen molar-refractivity contribution in [2.45, 2.75) is 11.5 Å².